The molecule has 0 aliphatic carbocycles. The number of aromatic nitrogens is 1. The lowest BCUT2D eigenvalue weighted by Crippen LogP contribution is -2.37. The smallest absolute Gasteiger partial charge is 0.255 e. The Morgan fingerprint density at radius 1 is 1.03 bits per heavy atom. The number of rotatable bonds is 5. The first-order chi connectivity index (χ1) is 15.6. The number of nitrogens with zero attached hydrogens (tertiary/aromatic N) is 2. The lowest BCUT2D eigenvalue weighted by atomic mass is 10.00. The molecule has 1 N–H and O–H groups in total. The van der Waals surface area contributed by atoms with Crippen molar-refractivity contribution in [3.8, 4) is 11.1 Å². The second kappa shape index (κ2) is 8.36. The first-order valence-corrected chi connectivity index (χ1v) is 10.9. The van der Waals surface area contributed by atoms with Crippen LogP contribution in [0.4, 0.5) is 9.52 Å². The summed E-state index contributed by atoms with van der Waals surface area (Å²) in [6.45, 7) is 0.288. The van der Waals surface area contributed by atoms with Crippen molar-refractivity contribution in [2.75, 3.05) is 5.32 Å². The third-order valence-corrected chi connectivity index (χ3v) is 6.15. The molecule has 0 radical (unpaired) electrons. The Labute approximate surface area is 188 Å². The summed E-state index contributed by atoms with van der Waals surface area (Å²) in [7, 11) is 0. The SMILES string of the molecule is O=C(Nc1nccs1)[C@H](c1ccccc1)N1Cc2ccc(-c3ccccc3F)cc2C1=O. The highest BCUT2D eigenvalue weighted by Crippen LogP contribution is 2.35. The second-order valence-corrected chi connectivity index (χ2v) is 8.32. The van der Waals surface area contributed by atoms with Crippen LogP contribution in [-0.2, 0) is 11.3 Å². The molecule has 2 heterocycles. The topological polar surface area (TPSA) is 62.3 Å². The molecule has 1 atom stereocenters. The van der Waals surface area contributed by atoms with E-state index in [1.54, 1.807) is 46.8 Å². The van der Waals surface area contributed by atoms with E-state index in [0.717, 1.165) is 5.56 Å². The van der Waals surface area contributed by atoms with Crippen LogP contribution in [0, 0.1) is 5.82 Å². The molecule has 1 aromatic heterocycles. The van der Waals surface area contributed by atoms with Gasteiger partial charge in [-0.3, -0.25) is 14.9 Å². The standard InChI is InChI=1S/C25H18FN3O2S/c26-21-9-5-4-8-19(21)17-10-11-18-15-29(24(31)20(18)14-17)22(16-6-2-1-3-7-16)23(30)28-25-27-12-13-32-25/h1-14,22H,15H2,(H,27,28,30)/t22-/m0/s1. The molecule has 4 aromatic rings. The van der Waals surface area contributed by atoms with Crippen molar-refractivity contribution in [1.29, 1.82) is 0 Å². The van der Waals surface area contributed by atoms with Crippen LogP contribution in [0.15, 0.2) is 84.4 Å². The molecule has 5 nitrogen and oxygen atoms in total. The van der Waals surface area contributed by atoms with Crippen LogP contribution in [0.25, 0.3) is 11.1 Å². The van der Waals surface area contributed by atoms with Crippen molar-refractivity contribution in [1.82, 2.24) is 9.88 Å². The van der Waals surface area contributed by atoms with E-state index in [1.165, 1.54) is 17.4 Å². The highest BCUT2D eigenvalue weighted by atomic mass is 32.1. The van der Waals surface area contributed by atoms with Gasteiger partial charge in [-0.2, -0.15) is 0 Å². The summed E-state index contributed by atoms with van der Waals surface area (Å²) < 4.78 is 14.3. The van der Waals surface area contributed by atoms with E-state index in [2.05, 4.69) is 10.3 Å². The molecule has 158 valence electrons. The number of amides is 2. The van der Waals surface area contributed by atoms with Gasteiger partial charge in [-0.25, -0.2) is 9.37 Å². The summed E-state index contributed by atoms with van der Waals surface area (Å²) in [6.07, 6.45) is 1.61. The van der Waals surface area contributed by atoms with Gasteiger partial charge in [0.15, 0.2) is 5.13 Å². The van der Waals surface area contributed by atoms with Crippen LogP contribution >= 0.6 is 11.3 Å². The van der Waals surface area contributed by atoms with Crippen LogP contribution < -0.4 is 5.32 Å². The minimum absolute atomic E-state index is 0.263. The quantitative estimate of drug-likeness (QED) is 0.456. The minimum atomic E-state index is -0.822. The third-order valence-electron chi connectivity index (χ3n) is 5.46. The van der Waals surface area contributed by atoms with Crippen LogP contribution in [0.2, 0.25) is 0 Å². The van der Waals surface area contributed by atoms with Gasteiger partial charge in [0, 0.05) is 29.2 Å². The molecule has 5 rings (SSSR count). The van der Waals surface area contributed by atoms with Crippen molar-refractivity contribution in [2.24, 2.45) is 0 Å². The molecule has 1 aliphatic rings. The van der Waals surface area contributed by atoms with Gasteiger partial charge >= 0.3 is 0 Å². The summed E-state index contributed by atoms with van der Waals surface area (Å²) in [5.74, 6) is -0.942. The zero-order chi connectivity index (χ0) is 22.1. The third kappa shape index (κ3) is 3.67. The fraction of sp³-hybridized carbons (Fsp3) is 0.0800. The summed E-state index contributed by atoms with van der Waals surface area (Å²) in [5, 5.41) is 5.06. The number of carbonyl (C=O) groups is 2. The molecule has 32 heavy (non-hydrogen) atoms. The number of benzene rings is 3. The lowest BCUT2D eigenvalue weighted by molar-refractivity contribution is -0.120. The Morgan fingerprint density at radius 3 is 2.56 bits per heavy atom. The first-order valence-electron chi connectivity index (χ1n) is 10.1. The maximum Gasteiger partial charge on any atom is 0.255 e. The second-order valence-electron chi connectivity index (χ2n) is 7.42. The average molecular weight is 444 g/mol. The van der Waals surface area contributed by atoms with Crippen LogP contribution in [0.5, 0.6) is 0 Å². The normalized spacial score (nSPS) is 13.7. The van der Waals surface area contributed by atoms with Crippen molar-refractivity contribution in [3.63, 3.8) is 0 Å². The molecule has 0 unspecified atom stereocenters. The maximum atomic E-state index is 14.3. The van der Waals surface area contributed by atoms with Crippen molar-refractivity contribution < 1.29 is 14.0 Å². The summed E-state index contributed by atoms with van der Waals surface area (Å²) in [4.78, 5) is 32.3. The molecule has 0 spiro atoms. The Hall–Kier alpha value is -3.84. The molecular weight excluding hydrogens is 425 g/mol. The van der Waals surface area contributed by atoms with E-state index in [-0.39, 0.29) is 24.2 Å². The largest absolute Gasteiger partial charge is 0.318 e. The van der Waals surface area contributed by atoms with E-state index in [4.69, 9.17) is 0 Å². The van der Waals surface area contributed by atoms with Crippen molar-refractivity contribution in [2.45, 2.75) is 12.6 Å². The predicted molar refractivity (Wildman–Crippen MR) is 122 cm³/mol. The number of hydrogen-bond acceptors (Lipinski definition) is 4. The number of anilines is 1. The fourth-order valence-electron chi connectivity index (χ4n) is 3.96. The van der Waals surface area contributed by atoms with Gasteiger partial charge in [0.2, 0.25) is 0 Å². The van der Waals surface area contributed by atoms with Crippen molar-refractivity contribution >= 4 is 28.3 Å². The number of fused-ring (bicyclic) bond motifs is 1. The number of hydrogen-bond donors (Lipinski definition) is 1. The molecule has 0 fully saturated rings. The van der Waals surface area contributed by atoms with Gasteiger partial charge in [0.25, 0.3) is 11.8 Å². The lowest BCUT2D eigenvalue weighted by Gasteiger charge is -2.27. The predicted octanol–water partition coefficient (Wildman–Crippen LogP) is 5.29. The number of nitrogens with one attached hydrogen (secondary N) is 1. The van der Waals surface area contributed by atoms with Gasteiger partial charge in [0.05, 0.1) is 0 Å². The zero-order valence-corrected chi connectivity index (χ0v) is 17.7. The van der Waals surface area contributed by atoms with Crippen LogP contribution in [0.1, 0.15) is 27.5 Å². The molecular formula is C25H18FN3O2S. The number of halogens is 1. The van der Waals surface area contributed by atoms with Gasteiger partial charge in [-0.1, -0.05) is 60.7 Å². The van der Waals surface area contributed by atoms with Crippen LogP contribution in [0.3, 0.4) is 0 Å². The molecule has 0 bridgehead atoms. The molecule has 0 saturated heterocycles. The number of carbonyl (C=O) groups excluding carboxylic acids is 2. The zero-order valence-electron chi connectivity index (χ0n) is 16.9. The first kappa shape index (κ1) is 20.1. The van der Waals surface area contributed by atoms with E-state index in [0.29, 0.717) is 27.4 Å². The van der Waals surface area contributed by atoms with Gasteiger partial charge < -0.3 is 4.90 Å². The molecule has 1 aliphatic heterocycles. The average Bonchev–Trinajstić information content (AvgIpc) is 3.43. The summed E-state index contributed by atoms with van der Waals surface area (Å²) >= 11 is 1.31. The van der Waals surface area contributed by atoms with E-state index in [9.17, 15) is 14.0 Å². The van der Waals surface area contributed by atoms with Crippen LogP contribution in [-0.4, -0.2) is 21.7 Å². The molecule has 7 heteroatoms. The van der Waals surface area contributed by atoms with E-state index < -0.39 is 6.04 Å². The Kier molecular flexibility index (Phi) is 5.25. The van der Waals surface area contributed by atoms with Gasteiger partial charge in [-0.15, -0.1) is 11.3 Å². The molecule has 0 saturated carbocycles. The van der Waals surface area contributed by atoms with Gasteiger partial charge in [0.1, 0.15) is 11.9 Å². The number of thiazole rings is 1. The summed E-state index contributed by atoms with van der Waals surface area (Å²) in [5.41, 5.74) is 3.05. The highest BCUT2D eigenvalue weighted by molar-refractivity contribution is 7.13. The monoisotopic (exact) mass is 443 g/mol. The Morgan fingerprint density at radius 2 is 1.81 bits per heavy atom. The Bertz CT molecular complexity index is 1290. The molecule has 3 aromatic carbocycles. The van der Waals surface area contributed by atoms with E-state index >= 15 is 0 Å². The van der Waals surface area contributed by atoms with Crippen molar-refractivity contribution in [3.05, 3.63) is 107 Å². The van der Waals surface area contributed by atoms with E-state index in [1.807, 2.05) is 36.4 Å². The van der Waals surface area contributed by atoms with Gasteiger partial charge in [-0.05, 0) is 28.8 Å². The molecule has 2 amide bonds. The Balaban J connectivity index is 1.50. The highest BCUT2D eigenvalue weighted by Gasteiger charge is 2.37. The summed E-state index contributed by atoms with van der Waals surface area (Å²) in [6, 6.07) is 20.2. The maximum absolute atomic E-state index is 14.3. The fourth-order valence-corrected chi connectivity index (χ4v) is 4.49. The minimum Gasteiger partial charge on any atom is -0.318 e.